The van der Waals surface area contributed by atoms with Crippen LogP contribution in [0.3, 0.4) is 0 Å². The average Bonchev–Trinajstić information content (AvgIpc) is 3.11. The summed E-state index contributed by atoms with van der Waals surface area (Å²) in [7, 11) is 0. The Morgan fingerprint density at radius 3 is 2.83 bits per heavy atom. The predicted octanol–water partition coefficient (Wildman–Crippen LogP) is 2.12. The summed E-state index contributed by atoms with van der Waals surface area (Å²) >= 11 is 0. The fourth-order valence-corrected chi connectivity index (χ4v) is 3.09. The monoisotopic (exact) mass is 308 g/mol. The zero-order chi connectivity index (χ0) is 15.6. The molecule has 23 heavy (non-hydrogen) atoms. The second-order valence-electron chi connectivity index (χ2n) is 6.01. The predicted molar refractivity (Wildman–Crippen MR) is 93.6 cm³/mol. The summed E-state index contributed by atoms with van der Waals surface area (Å²) in [4.78, 5) is 11.2. The maximum absolute atomic E-state index is 6.20. The lowest BCUT2D eigenvalue weighted by Gasteiger charge is -2.27. The zero-order valence-electron chi connectivity index (χ0n) is 13.0. The summed E-state index contributed by atoms with van der Waals surface area (Å²) in [6.45, 7) is 5.06. The molecule has 2 aliphatic rings. The number of rotatable bonds is 3. The van der Waals surface area contributed by atoms with Crippen LogP contribution in [0.25, 0.3) is 16.5 Å². The molecule has 0 bridgehead atoms. The Labute approximate surface area is 135 Å². The van der Waals surface area contributed by atoms with E-state index in [0.29, 0.717) is 5.82 Å². The van der Waals surface area contributed by atoms with Gasteiger partial charge in [-0.2, -0.15) is 0 Å². The molecule has 118 valence electrons. The Bertz CT molecular complexity index is 791. The first-order chi connectivity index (χ1) is 11.3. The first kappa shape index (κ1) is 14.4. The molecule has 2 aliphatic heterocycles. The molecular weight excluding hydrogens is 288 g/mol. The molecule has 0 saturated carbocycles. The second-order valence-corrected chi connectivity index (χ2v) is 6.01. The third-order valence-electron chi connectivity index (χ3n) is 4.44. The Hall–Kier alpha value is -2.24. The molecule has 1 saturated heterocycles. The molecule has 0 atom stereocenters. The molecule has 1 fully saturated rings. The highest BCUT2D eigenvalue weighted by atomic mass is 16.5. The van der Waals surface area contributed by atoms with E-state index in [1.807, 2.05) is 6.21 Å². The zero-order valence-corrected chi connectivity index (χ0v) is 13.0. The first-order valence-electron chi connectivity index (χ1n) is 7.98. The van der Waals surface area contributed by atoms with Crippen LogP contribution < -0.4 is 5.73 Å². The minimum Gasteiger partial charge on any atom is -0.383 e. The highest BCUT2D eigenvalue weighted by Gasteiger charge is 2.14. The van der Waals surface area contributed by atoms with Gasteiger partial charge in [-0.1, -0.05) is 12.1 Å². The number of hydrogen-bond acceptors (Lipinski definition) is 5. The number of nitrogens with two attached hydrogens (primary N) is 1. The summed E-state index contributed by atoms with van der Waals surface area (Å²) in [5.74, 6) is 0.623. The molecule has 0 radical (unpaired) electrons. The number of allylic oxidation sites excluding steroid dienone is 1. The van der Waals surface area contributed by atoms with Crippen molar-refractivity contribution in [3.8, 4) is 0 Å². The van der Waals surface area contributed by atoms with Gasteiger partial charge in [0.15, 0.2) is 0 Å². The quantitative estimate of drug-likeness (QED) is 0.943. The van der Waals surface area contributed by atoms with Gasteiger partial charge in [0, 0.05) is 36.8 Å². The summed E-state index contributed by atoms with van der Waals surface area (Å²) in [5.41, 5.74) is 10.6. The largest absolute Gasteiger partial charge is 0.383 e. The van der Waals surface area contributed by atoms with Crippen molar-refractivity contribution in [2.45, 2.75) is 6.54 Å². The molecule has 1 aromatic carbocycles. The van der Waals surface area contributed by atoms with Gasteiger partial charge in [0.2, 0.25) is 0 Å². The van der Waals surface area contributed by atoms with Crippen molar-refractivity contribution in [3.05, 3.63) is 41.5 Å². The molecule has 2 N–H and O–H groups in total. The minimum absolute atomic E-state index is 0.623. The Balaban J connectivity index is 1.63. The highest BCUT2D eigenvalue weighted by molar-refractivity contribution is 5.92. The number of fused-ring (bicyclic) bond motifs is 1. The molecule has 3 heterocycles. The van der Waals surface area contributed by atoms with Crippen LogP contribution in [0.15, 0.2) is 35.3 Å². The number of aromatic nitrogens is 1. The normalized spacial score (nSPS) is 18.5. The fourth-order valence-electron chi connectivity index (χ4n) is 3.09. The summed E-state index contributed by atoms with van der Waals surface area (Å²) < 4.78 is 5.40. The number of morpholine rings is 1. The van der Waals surface area contributed by atoms with E-state index in [0.717, 1.165) is 55.9 Å². The number of hydrogen-bond donors (Lipinski definition) is 1. The highest BCUT2D eigenvalue weighted by Crippen LogP contribution is 2.25. The maximum atomic E-state index is 6.20. The van der Waals surface area contributed by atoms with Crippen LogP contribution in [0.5, 0.6) is 0 Å². The lowest BCUT2D eigenvalue weighted by molar-refractivity contribution is 0.0342. The van der Waals surface area contributed by atoms with Crippen LogP contribution in [-0.4, -0.2) is 48.9 Å². The second kappa shape index (κ2) is 6.10. The Morgan fingerprint density at radius 1 is 1.17 bits per heavy atom. The number of nitrogens with zero attached hydrogens (tertiary/aromatic N) is 3. The van der Waals surface area contributed by atoms with Crippen molar-refractivity contribution in [1.82, 2.24) is 9.88 Å². The molecular formula is C18H20N4O. The van der Waals surface area contributed by atoms with Crippen LogP contribution in [0.1, 0.15) is 11.1 Å². The van der Waals surface area contributed by atoms with Gasteiger partial charge in [-0.05, 0) is 29.3 Å². The lowest BCUT2D eigenvalue weighted by Crippen LogP contribution is -2.35. The molecule has 1 aromatic heterocycles. The summed E-state index contributed by atoms with van der Waals surface area (Å²) in [5, 5.41) is 1.13. The smallest absolute Gasteiger partial charge is 0.128 e. The van der Waals surface area contributed by atoms with Gasteiger partial charge >= 0.3 is 0 Å². The third kappa shape index (κ3) is 2.98. The first-order valence-corrected chi connectivity index (χ1v) is 7.98. The van der Waals surface area contributed by atoms with Gasteiger partial charge in [-0.25, -0.2) is 4.98 Å². The number of nitrogen functional groups attached to an aromatic ring is 1. The number of ether oxygens (including phenoxy) is 1. The van der Waals surface area contributed by atoms with Gasteiger partial charge in [0.25, 0.3) is 0 Å². The van der Waals surface area contributed by atoms with E-state index in [1.165, 1.54) is 11.1 Å². The lowest BCUT2D eigenvalue weighted by atomic mass is 10.0. The number of anilines is 1. The minimum atomic E-state index is 0.623. The summed E-state index contributed by atoms with van der Waals surface area (Å²) in [6, 6.07) is 8.53. The van der Waals surface area contributed by atoms with Crippen molar-refractivity contribution < 1.29 is 4.74 Å². The molecule has 0 spiro atoms. The van der Waals surface area contributed by atoms with E-state index < -0.39 is 0 Å². The van der Waals surface area contributed by atoms with Crippen LogP contribution in [-0.2, 0) is 11.3 Å². The van der Waals surface area contributed by atoms with Crippen LogP contribution in [0, 0.1) is 0 Å². The number of aliphatic imine (C=N–C) groups is 1. The molecule has 0 amide bonds. The molecule has 4 rings (SSSR count). The van der Waals surface area contributed by atoms with Crippen molar-refractivity contribution in [2.24, 2.45) is 4.99 Å². The van der Waals surface area contributed by atoms with Crippen molar-refractivity contribution in [1.29, 1.82) is 0 Å². The van der Waals surface area contributed by atoms with Crippen LogP contribution in [0.4, 0.5) is 5.82 Å². The van der Waals surface area contributed by atoms with Crippen LogP contribution >= 0.6 is 0 Å². The van der Waals surface area contributed by atoms with Crippen molar-refractivity contribution in [2.75, 3.05) is 38.6 Å². The van der Waals surface area contributed by atoms with Gasteiger partial charge in [-0.15, -0.1) is 0 Å². The van der Waals surface area contributed by atoms with E-state index in [4.69, 9.17) is 10.5 Å². The molecule has 2 aromatic rings. The Kier molecular flexibility index (Phi) is 3.81. The van der Waals surface area contributed by atoms with E-state index in [-0.39, 0.29) is 0 Å². The van der Waals surface area contributed by atoms with Gasteiger partial charge in [-0.3, -0.25) is 9.89 Å². The molecule has 0 aliphatic carbocycles. The van der Waals surface area contributed by atoms with E-state index in [9.17, 15) is 0 Å². The third-order valence-corrected chi connectivity index (χ3v) is 4.44. The summed E-state index contributed by atoms with van der Waals surface area (Å²) in [6.07, 6.45) is 3.91. The standard InChI is InChI=1S/C18H20N4O/c19-18-16(12-22-5-7-23-8-6-22)9-14-2-1-13(10-17(14)21-18)15-3-4-20-11-15/h1-4,9-10H,5-8,11-12H2,(H2,19,21). The van der Waals surface area contributed by atoms with E-state index in [1.54, 1.807) is 0 Å². The van der Waals surface area contributed by atoms with E-state index in [2.05, 4.69) is 45.2 Å². The molecule has 0 unspecified atom stereocenters. The number of pyridine rings is 1. The SMILES string of the molecule is Nc1nc2cc(C3=CC=NC3)ccc2cc1CN1CCOCC1. The maximum Gasteiger partial charge on any atom is 0.128 e. The van der Waals surface area contributed by atoms with Crippen molar-refractivity contribution in [3.63, 3.8) is 0 Å². The average molecular weight is 308 g/mol. The van der Waals surface area contributed by atoms with E-state index >= 15 is 0 Å². The van der Waals surface area contributed by atoms with Crippen LogP contribution in [0.2, 0.25) is 0 Å². The Morgan fingerprint density at radius 2 is 2.04 bits per heavy atom. The molecule has 5 nitrogen and oxygen atoms in total. The fraction of sp³-hybridized carbons (Fsp3) is 0.333. The van der Waals surface area contributed by atoms with Gasteiger partial charge < -0.3 is 10.5 Å². The van der Waals surface area contributed by atoms with Gasteiger partial charge in [0.05, 0.1) is 25.3 Å². The number of benzene rings is 1. The van der Waals surface area contributed by atoms with Gasteiger partial charge in [0.1, 0.15) is 5.82 Å². The van der Waals surface area contributed by atoms with Crippen molar-refractivity contribution >= 4 is 28.5 Å². The topological polar surface area (TPSA) is 63.7 Å². The molecule has 5 heteroatoms.